The van der Waals surface area contributed by atoms with Crippen molar-refractivity contribution in [3.05, 3.63) is 73.5 Å². The van der Waals surface area contributed by atoms with E-state index in [0.29, 0.717) is 21.8 Å². The van der Waals surface area contributed by atoms with Crippen LogP contribution in [0, 0.1) is 10.1 Å². The fourth-order valence-electron chi connectivity index (χ4n) is 2.68. The van der Waals surface area contributed by atoms with Crippen LogP contribution in [-0.4, -0.2) is 14.9 Å². The summed E-state index contributed by atoms with van der Waals surface area (Å²) in [5.41, 5.74) is 0.663. The maximum atomic E-state index is 12.6. The molecule has 0 spiro atoms. The van der Waals surface area contributed by atoms with Crippen molar-refractivity contribution < 1.29 is 9.66 Å². The maximum Gasteiger partial charge on any atom is 0.269 e. The molecule has 4 aromatic rings. The van der Waals surface area contributed by atoms with Gasteiger partial charge in [0.1, 0.15) is 10.6 Å². The molecule has 1 atom stereocenters. The highest BCUT2D eigenvalue weighted by atomic mass is 32.1. The molecule has 0 aliphatic carbocycles. The van der Waals surface area contributed by atoms with E-state index in [1.165, 1.54) is 35.6 Å². The monoisotopic (exact) mass is 399 g/mol. The summed E-state index contributed by atoms with van der Waals surface area (Å²) in [7, 11) is 0. The van der Waals surface area contributed by atoms with E-state index in [9.17, 15) is 14.9 Å². The Labute approximate surface area is 161 Å². The summed E-state index contributed by atoms with van der Waals surface area (Å²) >= 11 is 2.99. The molecule has 0 aliphatic heterocycles. The van der Waals surface area contributed by atoms with E-state index in [4.69, 9.17) is 4.74 Å². The third kappa shape index (κ3) is 3.34. The van der Waals surface area contributed by atoms with Gasteiger partial charge in [-0.15, -0.1) is 22.7 Å². The fraction of sp³-hybridized carbons (Fsp3) is 0.111. The average Bonchev–Trinajstić information content (AvgIpc) is 3.31. The first kappa shape index (κ1) is 17.4. The van der Waals surface area contributed by atoms with Crippen LogP contribution in [-0.2, 0) is 0 Å². The largest absolute Gasteiger partial charge is 0.483 e. The molecule has 0 saturated carbocycles. The van der Waals surface area contributed by atoms with Crippen molar-refractivity contribution in [2.24, 2.45) is 0 Å². The Bertz CT molecular complexity index is 1160. The highest BCUT2D eigenvalue weighted by Gasteiger charge is 2.17. The van der Waals surface area contributed by atoms with Crippen molar-refractivity contribution in [2.45, 2.75) is 13.0 Å². The van der Waals surface area contributed by atoms with Crippen molar-refractivity contribution in [1.29, 1.82) is 0 Å². The first-order valence-electron chi connectivity index (χ1n) is 7.99. The van der Waals surface area contributed by atoms with Crippen LogP contribution in [0.5, 0.6) is 5.75 Å². The summed E-state index contributed by atoms with van der Waals surface area (Å²) in [5, 5.41) is 15.2. The number of hydrogen-bond acceptors (Lipinski definition) is 7. The number of aromatic nitrogens is 2. The SMILES string of the molecule is C[C@H](Oc1ccc([N+](=O)[O-])cc1)c1nc2scc(-c3cccs3)c2c(=O)[nH]1. The van der Waals surface area contributed by atoms with Gasteiger partial charge >= 0.3 is 0 Å². The van der Waals surface area contributed by atoms with Gasteiger partial charge in [-0.2, -0.15) is 0 Å². The van der Waals surface area contributed by atoms with Gasteiger partial charge in [-0.05, 0) is 30.5 Å². The summed E-state index contributed by atoms with van der Waals surface area (Å²) in [6.45, 7) is 1.76. The van der Waals surface area contributed by atoms with Gasteiger partial charge in [0.25, 0.3) is 11.2 Å². The summed E-state index contributed by atoms with van der Waals surface area (Å²) in [5.74, 6) is 0.867. The number of ether oxygens (including phenoxy) is 1. The molecule has 27 heavy (non-hydrogen) atoms. The third-order valence-corrected chi connectivity index (χ3v) is 5.77. The van der Waals surface area contributed by atoms with Crippen molar-refractivity contribution in [3.63, 3.8) is 0 Å². The second-order valence-electron chi connectivity index (χ2n) is 5.77. The predicted molar refractivity (Wildman–Crippen MR) is 106 cm³/mol. The Kier molecular flexibility index (Phi) is 4.46. The molecular formula is C18H13N3O4S2. The molecule has 0 radical (unpaired) electrons. The van der Waals surface area contributed by atoms with Crippen molar-refractivity contribution in [3.8, 4) is 16.2 Å². The number of benzene rings is 1. The lowest BCUT2D eigenvalue weighted by Crippen LogP contribution is -2.16. The number of H-pyrrole nitrogens is 1. The Morgan fingerprint density at radius 1 is 1.22 bits per heavy atom. The van der Waals surface area contributed by atoms with Crippen molar-refractivity contribution in [2.75, 3.05) is 0 Å². The van der Waals surface area contributed by atoms with Crippen LogP contribution in [0.4, 0.5) is 5.69 Å². The topological polar surface area (TPSA) is 98.1 Å². The zero-order chi connectivity index (χ0) is 19.0. The molecule has 1 aromatic carbocycles. The van der Waals surface area contributed by atoms with E-state index in [1.54, 1.807) is 18.3 Å². The molecule has 4 rings (SSSR count). The normalized spacial score (nSPS) is 12.2. The first-order valence-corrected chi connectivity index (χ1v) is 9.75. The van der Waals surface area contributed by atoms with E-state index in [2.05, 4.69) is 9.97 Å². The predicted octanol–water partition coefficient (Wildman–Crippen LogP) is 4.76. The zero-order valence-corrected chi connectivity index (χ0v) is 15.7. The van der Waals surface area contributed by atoms with Gasteiger partial charge in [-0.3, -0.25) is 14.9 Å². The molecule has 0 amide bonds. The quantitative estimate of drug-likeness (QED) is 0.385. The van der Waals surface area contributed by atoms with Gasteiger partial charge in [0, 0.05) is 28.0 Å². The lowest BCUT2D eigenvalue weighted by molar-refractivity contribution is -0.384. The summed E-state index contributed by atoms with van der Waals surface area (Å²) in [6, 6.07) is 9.69. The van der Waals surface area contributed by atoms with Crippen LogP contribution in [0.2, 0.25) is 0 Å². The molecule has 1 N–H and O–H groups in total. The van der Waals surface area contributed by atoms with E-state index < -0.39 is 11.0 Å². The van der Waals surface area contributed by atoms with E-state index >= 15 is 0 Å². The van der Waals surface area contributed by atoms with Gasteiger partial charge in [-0.1, -0.05) is 6.07 Å². The minimum absolute atomic E-state index is 0.0114. The number of non-ortho nitro benzene ring substituents is 1. The minimum atomic E-state index is -0.518. The van der Waals surface area contributed by atoms with Gasteiger partial charge in [0.05, 0.1) is 10.3 Å². The number of fused-ring (bicyclic) bond motifs is 1. The number of nitrogens with zero attached hydrogens (tertiary/aromatic N) is 2. The van der Waals surface area contributed by atoms with Gasteiger partial charge in [-0.25, -0.2) is 4.98 Å². The lowest BCUT2D eigenvalue weighted by Gasteiger charge is -2.13. The molecule has 0 saturated heterocycles. The lowest BCUT2D eigenvalue weighted by atomic mass is 10.2. The molecule has 0 unspecified atom stereocenters. The standard InChI is InChI=1S/C18H13N3O4S2/c1-10(25-12-6-4-11(5-7-12)21(23)24)16-19-17(22)15-13(9-27-18(15)20-16)14-3-2-8-26-14/h2-10H,1H3,(H,19,20,22)/t10-/m0/s1. The minimum Gasteiger partial charge on any atom is -0.483 e. The van der Waals surface area contributed by atoms with Crippen molar-refractivity contribution in [1.82, 2.24) is 9.97 Å². The molecule has 0 fully saturated rings. The number of nitro benzene ring substituents is 1. The maximum absolute atomic E-state index is 12.6. The van der Waals surface area contributed by atoms with Gasteiger partial charge < -0.3 is 9.72 Å². The van der Waals surface area contributed by atoms with E-state index in [0.717, 1.165) is 10.4 Å². The number of nitrogens with one attached hydrogen (secondary N) is 1. The molecule has 0 bridgehead atoms. The summed E-state index contributed by atoms with van der Waals surface area (Å²) < 4.78 is 5.77. The zero-order valence-electron chi connectivity index (χ0n) is 14.0. The van der Waals surface area contributed by atoms with Crippen LogP contribution >= 0.6 is 22.7 Å². The van der Waals surface area contributed by atoms with Gasteiger partial charge in [0.15, 0.2) is 11.9 Å². The summed E-state index contributed by atoms with van der Waals surface area (Å²) in [6.07, 6.45) is -0.518. The van der Waals surface area contributed by atoms with Gasteiger partial charge in [0.2, 0.25) is 0 Å². The Balaban J connectivity index is 1.64. The third-order valence-electron chi connectivity index (χ3n) is 3.99. The average molecular weight is 399 g/mol. The smallest absolute Gasteiger partial charge is 0.269 e. The molecule has 3 aromatic heterocycles. The second kappa shape index (κ2) is 6.93. The molecule has 0 aliphatic rings. The Morgan fingerprint density at radius 2 is 2.00 bits per heavy atom. The number of nitro groups is 1. The number of aromatic amines is 1. The van der Waals surface area contributed by atoms with Crippen LogP contribution in [0.1, 0.15) is 18.9 Å². The van der Waals surface area contributed by atoms with Crippen LogP contribution in [0.3, 0.4) is 0 Å². The fourth-order valence-corrected chi connectivity index (χ4v) is 4.45. The van der Waals surface area contributed by atoms with Crippen LogP contribution in [0.15, 0.2) is 52.0 Å². The highest BCUT2D eigenvalue weighted by molar-refractivity contribution is 7.18. The Morgan fingerprint density at radius 3 is 2.67 bits per heavy atom. The molecule has 3 heterocycles. The molecule has 7 nitrogen and oxygen atoms in total. The number of hydrogen-bond donors (Lipinski definition) is 1. The Hall–Kier alpha value is -3.04. The number of thiophene rings is 2. The highest BCUT2D eigenvalue weighted by Crippen LogP contribution is 2.34. The number of rotatable bonds is 5. The molecule has 9 heteroatoms. The summed E-state index contributed by atoms with van der Waals surface area (Å²) in [4.78, 5) is 31.9. The van der Waals surface area contributed by atoms with Crippen LogP contribution < -0.4 is 10.3 Å². The first-order chi connectivity index (χ1) is 13.0. The second-order valence-corrected chi connectivity index (χ2v) is 7.57. The van der Waals surface area contributed by atoms with E-state index in [1.807, 2.05) is 22.9 Å². The van der Waals surface area contributed by atoms with Crippen molar-refractivity contribution >= 4 is 38.6 Å². The van der Waals surface area contributed by atoms with Crippen LogP contribution in [0.25, 0.3) is 20.7 Å². The molecular weight excluding hydrogens is 386 g/mol. The van der Waals surface area contributed by atoms with E-state index in [-0.39, 0.29) is 11.2 Å². The molecule has 136 valence electrons.